The molecule has 1 atom stereocenters. The number of amides is 2. The Labute approximate surface area is 85.9 Å². The van der Waals surface area contributed by atoms with Gasteiger partial charge in [-0.3, -0.25) is 0 Å². The summed E-state index contributed by atoms with van der Waals surface area (Å²) in [4.78, 5) is 13.1. The van der Waals surface area contributed by atoms with Gasteiger partial charge in [0.1, 0.15) is 0 Å². The number of carbonyl (C=O) groups is 1. The van der Waals surface area contributed by atoms with E-state index in [1.54, 1.807) is 11.9 Å². The lowest BCUT2D eigenvalue weighted by Crippen LogP contribution is -2.49. The van der Waals surface area contributed by atoms with E-state index in [0.29, 0.717) is 6.42 Å². The zero-order valence-corrected chi connectivity index (χ0v) is 9.59. The number of nitrogens with zero attached hydrogens (tertiary/aromatic N) is 2. The Morgan fingerprint density at radius 1 is 1.57 bits per heavy atom. The largest absolute Gasteiger partial charge is 0.333 e. The van der Waals surface area contributed by atoms with Crippen LogP contribution >= 0.6 is 0 Å². The highest BCUT2D eigenvalue weighted by Gasteiger charge is 2.20. The third-order valence-corrected chi connectivity index (χ3v) is 1.85. The molecule has 0 aliphatic rings. The van der Waals surface area contributed by atoms with E-state index in [9.17, 15) is 4.79 Å². The van der Waals surface area contributed by atoms with Crippen LogP contribution in [-0.2, 0) is 0 Å². The van der Waals surface area contributed by atoms with Gasteiger partial charge < -0.3 is 10.2 Å². The SMILES string of the molecule is CC(CC#N)N(C)C(=O)NC(C)(C)C. The number of hydrogen-bond acceptors (Lipinski definition) is 2. The summed E-state index contributed by atoms with van der Waals surface area (Å²) in [5, 5.41) is 11.3. The van der Waals surface area contributed by atoms with Gasteiger partial charge in [0, 0.05) is 18.6 Å². The monoisotopic (exact) mass is 197 g/mol. The fraction of sp³-hybridized carbons (Fsp3) is 0.800. The van der Waals surface area contributed by atoms with Crippen molar-refractivity contribution in [2.75, 3.05) is 7.05 Å². The number of rotatable bonds is 2. The summed E-state index contributed by atoms with van der Waals surface area (Å²) in [5.74, 6) is 0. The molecule has 14 heavy (non-hydrogen) atoms. The Kier molecular flexibility index (Phi) is 4.42. The van der Waals surface area contributed by atoms with E-state index in [1.165, 1.54) is 0 Å². The van der Waals surface area contributed by atoms with Crippen molar-refractivity contribution in [1.29, 1.82) is 5.26 Å². The van der Waals surface area contributed by atoms with E-state index in [2.05, 4.69) is 5.32 Å². The van der Waals surface area contributed by atoms with Crippen molar-refractivity contribution in [3.63, 3.8) is 0 Å². The first kappa shape index (κ1) is 12.8. The summed E-state index contributed by atoms with van der Waals surface area (Å²) in [6.45, 7) is 7.63. The summed E-state index contributed by atoms with van der Waals surface area (Å²) >= 11 is 0. The molecule has 0 saturated carbocycles. The molecule has 0 aromatic rings. The maximum Gasteiger partial charge on any atom is 0.317 e. The summed E-state index contributed by atoms with van der Waals surface area (Å²) in [6, 6.07) is 1.85. The van der Waals surface area contributed by atoms with Crippen molar-refractivity contribution in [2.24, 2.45) is 0 Å². The molecule has 0 rings (SSSR count). The second kappa shape index (κ2) is 4.85. The van der Waals surface area contributed by atoms with Crippen LogP contribution in [-0.4, -0.2) is 29.6 Å². The molecule has 0 heterocycles. The lowest BCUT2D eigenvalue weighted by molar-refractivity contribution is 0.185. The zero-order valence-electron chi connectivity index (χ0n) is 9.59. The van der Waals surface area contributed by atoms with Crippen molar-refractivity contribution >= 4 is 6.03 Å². The van der Waals surface area contributed by atoms with Crippen LogP contribution in [0.1, 0.15) is 34.1 Å². The zero-order chi connectivity index (χ0) is 11.4. The maximum absolute atomic E-state index is 11.6. The normalized spacial score (nSPS) is 12.9. The highest BCUT2D eigenvalue weighted by atomic mass is 16.2. The molecule has 0 aromatic heterocycles. The molecule has 0 bridgehead atoms. The van der Waals surface area contributed by atoms with Gasteiger partial charge in [-0.1, -0.05) is 0 Å². The number of nitriles is 1. The first-order valence-corrected chi connectivity index (χ1v) is 4.70. The van der Waals surface area contributed by atoms with Gasteiger partial charge in [0.25, 0.3) is 0 Å². The van der Waals surface area contributed by atoms with Gasteiger partial charge in [-0.2, -0.15) is 5.26 Å². The molecular weight excluding hydrogens is 178 g/mol. The Bertz CT molecular complexity index is 237. The third kappa shape index (κ3) is 4.70. The van der Waals surface area contributed by atoms with E-state index in [-0.39, 0.29) is 17.6 Å². The molecule has 0 aliphatic carbocycles. The lowest BCUT2D eigenvalue weighted by Gasteiger charge is -2.28. The van der Waals surface area contributed by atoms with E-state index in [4.69, 9.17) is 5.26 Å². The Morgan fingerprint density at radius 3 is 2.43 bits per heavy atom. The highest BCUT2D eigenvalue weighted by molar-refractivity contribution is 5.74. The van der Waals surface area contributed by atoms with Crippen molar-refractivity contribution in [3.05, 3.63) is 0 Å². The Balaban J connectivity index is 4.20. The van der Waals surface area contributed by atoms with E-state index in [1.807, 2.05) is 33.8 Å². The molecule has 0 radical (unpaired) electrons. The molecule has 80 valence electrons. The van der Waals surface area contributed by atoms with Crippen LogP contribution in [0.15, 0.2) is 0 Å². The number of urea groups is 1. The predicted octanol–water partition coefficient (Wildman–Crippen LogP) is 1.73. The first-order valence-electron chi connectivity index (χ1n) is 4.70. The van der Waals surface area contributed by atoms with Gasteiger partial charge in [-0.05, 0) is 27.7 Å². The fourth-order valence-electron chi connectivity index (χ4n) is 0.878. The first-order chi connectivity index (χ1) is 6.28. The average Bonchev–Trinajstić information content (AvgIpc) is 2.00. The minimum absolute atomic E-state index is 0.0534. The molecule has 0 spiro atoms. The summed E-state index contributed by atoms with van der Waals surface area (Å²) in [7, 11) is 1.70. The fourth-order valence-corrected chi connectivity index (χ4v) is 0.878. The maximum atomic E-state index is 11.6. The van der Waals surface area contributed by atoms with Gasteiger partial charge in [0.15, 0.2) is 0 Å². The van der Waals surface area contributed by atoms with Crippen LogP contribution in [0.3, 0.4) is 0 Å². The molecule has 4 heteroatoms. The van der Waals surface area contributed by atoms with Crippen LogP contribution in [0.25, 0.3) is 0 Å². The van der Waals surface area contributed by atoms with E-state index >= 15 is 0 Å². The second-order valence-electron chi connectivity index (χ2n) is 4.50. The summed E-state index contributed by atoms with van der Waals surface area (Å²) in [6.07, 6.45) is 0.355. The standard InChI is InChI=1S/C10H19N3O/c1-8(6-7-11)13(5)9(14)12-10(2,3)4/h8H,6H2,1-5H3,(H,12,14). The molecule has 4 nitrogen and oxygen atoms in total. The van der Waals surface area contributed by atoms with Crippen LogP contribution < -0.4 is 5.32 Å². The molecule has 0 saturated heterocycles. The van der Waals surface area contributed by atoms with Crippen LogP contribution in [0.2, 0.25) is 0 Å². The topological polar surface area (TPSA) is 56.1 Å². The molecule has 2 amide bonds. The minimum Gasteiger partial charge on any atom is -0.333 e. The van der Waals surface area contributed by atoms with Crippen LogP contribution in [0, 0.1) is 11.3 Å². The smallest absolute Gasteiger partial charge is 0.317 e. The number of nitrogens with one attached hydrogen (secondary N) is 1. The molecule has 1 N–H and O–H groups in total. The number of hydrogen-bond donors (Lipinski definition) is 1. The van der Waals surface area contributed by atoms with Crippen molar-refractivity contribution < 1.29 is 4.79 Å². The van der Waals surface area contributed by atoms with Gasteiger partial charge in [0.2, 0.25) is 0 Å². The van der Waals surface area contributed by atoms with Gasteiger partial charge in [0.05, 0.1) is 12.5 Å². The summed E-state index contributed by atoms with van der Waals surface area (Å²) < 4.78 is 0. The minimum atomic E-state index is -0.238. The van der Waals surface area contributed by atoms with Gasteiger partial charge in [-0.25, -0.2) is 4.79 Å². The molecule has 0 aromatic carbocycles. The Morgan fingerprint density at radius 2 is 2.07 bits per heavy atom. The van der Waals surface area contributed by atoms with Gasteiger partial charge in [-0.15, -0.1) is 0 Å². The predicted molar refractivity (Wildman–Crippen MR) is 55.7 cm³/mol. The van der Waals surface area contributed by atoms with Crippen LogP contribution in [0.4, 0.5) is 4.79 Å². The van der Waals surface area contributed by atoms with E-state index < -0.39 is 0 Å². The lowest BCUT2D eigenvalue weighted by atomic mass is 10.1. The molecule has 0 fully saturated rings. The van der Waals surface area contributed by atoms with Crippen molar-refractivity contribution in [1.82, 2.24) is 10.2 Å². The second-order valence-corrected chi connectivity index (χ2v) is 4.50. The highest BCUT2D eigenvalue weighted by Crippen LogP contribution is 2.04. The third-order valence-electron chi connectivity index (χ3n) is 1.85. The molecule has 1 unspecified atom stereocenters. The average molecular weight is 197 g/mol. The van der Waals surface area contributed by atoms with Crippen molar-refractivity contribution in [3.8, 4) is 6.07 Å². The van der Waals surface area contributed by atoms with E-state index in [0.717, 1.165) is 0 Å². The Hall–Kier alpha value is -1.24. The molecular formula is C10H19N3O. The molecule has 0 aliphatic heterocycles. The van der Waals surface area contributed by atoms with Gasteiger partial charge >= 0.3 is 6.03 Å². The quantitative estimate of drug-likeness (QED) is 0.733. The number of carbonyl (C=O) groups excluding carboxylic acids is 1. The van der Waals surface area contributed by atoms with Crippen molar-refractivity contribution in [2.45, 2.75) is 45.7 Å². The van der Waals surface area contributed by atoms with Crippen LogP contribution in [0.5, 0.6) is 0 Å². The summed E-state index contributed by atoms with van der Waals surface area (Å²) in [5.41, 5.74) is -0.238.